The van der Waals surface area contributed by atoms with Crippen LogP contribution in [0, 0.1) is 0 Å². The van der Waals surface area contributed by atoms with E-state index in [1.54, 1.807) is 41.5 Å². The minimum atomic E-state index is -5.84. The first-order valence-electron chi connectivity index (χ1n) is 28.2. The van der Waals surface area contributed by atoms with E-state index in [9.17, 15) is 37.1 Å². The van der Waals surface area contributed by atoms with Gasteiger partial charge in [-0.3, -0.25) is 9.45 Å². The van der Waals surface area contributed by atoms with Gasteiger partial charge < -0.3 is 53.3 Å². The summed E-state index contributed by atoms with van der Waals surface area (Å²) in [6, 6.07) is 21.1. The number of carbonyl (C=O) groups is 5. The fourth-order valence-electron chi connectivity index (χ4n) is 9.10. The number of halogens is 6. The van der Waals surface area contributed by atoms with Gasteiger partial charge in [-0.25, -0.2) is 19.2 Å². The van der Waals surface area contributed by atoms with Gasteiger partial charge >= 0.3 is 40.1 Å². The van der Waals surface area contributed by atoms with Crippen LogP contribution in [0.5, 0.6) is 0 Å². The zero-order chi connectivity index (χ0) is 65.0. The Kier molecular flexibility index (Phi) is 32.3. The Morgan fingerprint density at radius 2 is 1.10 bits per heavy atom. The van der Waals surface area contributed by atoms with Crippen LogP contribution in [0.4, 0.5) is 32.3 Å². The molecule has 3 saturated heterocycles. The second kappa shape index (κ2) is 35.5. The minimum absolute atomic E-state index is 0. The molecular weight excluding hydrogens is 1380 g/mol. The van der Waals surface area contributed by atoms with Gasteiger partial charge in [-0.05, 0) is 212 Å². The van der Waals surface area contributed by atoms with Crippen molar-refractivity contribution in [3.05, 3.63) is 102 Å². The molecular formula is C60H87Br3F3N3O16S2. The quantitative estimate of drug-likeness (QED) is 0.0537. The maximum absolute atomic E-state index is 12.5. The highest BCUT2D eigenvalue weighted by atomic mass is 79.9. The van der Waals surface area contributed by atoms with Crippen LogP contribution in [0.3, 0.4) is 0 Å². The van der Waals surface area contributed by atoms with E-state index in [2.05, 4.69) is 88.2 Å². The van der Waals surface area contributed by atoms with E-state index in [1.165, 1.54) is 44.5 Å². The van der Waals surface area contributed by atoms with Crippen molar-refractivity contribution in [2.75, 3.05) is 39.5 Å². The number of benzene rings is 3. The van der Waals surface area contributed by atoms with Crippen LogP contribution in [0.25, 0.3) is 0 Å². The molecule has 5 heterocycles. The Morgan fingerprint density at radius 3 is 1.54 bits per heavy atom. The highest BCUT2D eigenvalue weighted by Gasteiger charge is 2.44. The van der Waals surface area contributed by atoms with Crippen molar-refractivity contribution in [1.29, 1.82) is 0 Å². The van der Waals surface area contributed by atoms with Crippen LogP contribution >= 0.6 is 61.3 Å². The van der Waals surface area contributed by atoms with E-state index in [0.717, 1.165) is 85.4 Å². The number of nitrogens with one attached hydrogen (secondary N) is 1. The summed E-state index contributed by atoms with van der Waals surface area (Å²) in [6.45, 7) is 25.5. The molecule has 3 fully saturated rings. The summed E-state index contributed by atoms with van der Waals surface area (Å²) in [6.07, 6.45) is 7.09. The van der Waals surface area contributed by atoms with Crippen LogP contribution in [0.2, 0.25) is 0 Å². The van der Waals surface area contributed by atoms with Crippen LogP contribution in [-0.2, 0) is 67.3 Å². The minimum Gasteiger partial charge on any atom is -0.444 e. The zero-order valence-electron chi connectivity index (χ0n) is 51.5. The standard InChI is InChI=1S/C18H24BrNO3.C13H16BrNO.C10H17NO3.C10H18O5.C8H9BrO.CHF3O3S.H2S/c1-18(2,3)23-17(21)20-9-4-5-15(20)16-14-7-6-13(19)11-12(14)8-10-22-16;14-10-3-4-11-9(8-10)5-7-16-13(11)12-2-1-6-15-12;1-10(2,3)14-9(13)11-6-4-5-8(11)7-12;1-9(2,3)14-7(11)13-8(12)15-10(4,5)6;9-8-3-1-2-7(6-8)4-5-10;2-1(3,4)8(5,6)7;/h6-7,11,15-16H,4-5,8-10H2,1-3H3;3-4,8,12-13,15H,1-2,5-7H2;7-8H,4-6H2,1-3H3;1-6H3;1-3,6,10H,4-5H2;(H,5,6,7);1H2/t15-,16?;12-,13?;8-;;;;/m000..../s1. The van der Waals surface area contributed by atoms with E-state index < -0.39 is 50.3 Å². The highest BCUT2D eigenvalue weighted by Crippen LogP contribution is 2.39. The summed E-state index contributed by atoms with van der Waals surface area (Å²) in [4.78, 5) is 60.1. The lowest BCUT2D eigenvalue weighted by molar-refractivity contribution is -0.111. The Hall–Kier alpha value is -4.06. The van der Waals surface area contributed by atoms with Crippen molar-refractivity contribution in [3.63, 3.8) is 0 Å². The molecule has 0 radical (unpaired) electrons. The number of nitrogens with zero attached hydrogens (tertiary/aromatic N) is 2. The first-order valence-corrected chi connectivity index (χ1v) is 32.0. The molecule has 2 unspecified atom stereocenters. The first-order chi connectivity index (χ1) is 39.7. The Balaban J connectivity index is 0.000000366. The van der Waals surface area contributed by atoms with E-state index in [0.29, 0.717) is 19.2 Å². The number of rotatable bonds is 5. The molecule has 0 aliphatic carbocycles. The lowest BCUT2D eigenvalue weighted by Crippen LogP contribution is -2.43. The van der Waals surface area contributed by atoms with E-state index >= 15 is 0 Å². The molecule has 5 atom stereocenters. The second-order valence-electron chi connectivity index (χ2n) is 24.4. The SMILES string of the molecule is Brc1ccc2c(c1)CCOC2[C@@H]1CCCN1.CC(C)(C)OC(=O)N1CCC[C@H]1C1OCCc2cc(Br)ccc21.CC(C)(C)OC(=O)N1CCC[C@H]1C=O.CC(C)(C)OC(=O)OC(=O)OC(C)(C)C.O=S(=O)(O)C(F)(F)F.OCCc1cccc(Br)c1.S. The van der Waals surface area contributed by atoms with Gasteiger partial charge in [0, 0.05) is 39.2 Å². The number of fused-ring (bicyclic) bond motifs is 2. The number of aliphatic hydroxyl groups is 1. The molecule has 8 rings (SSSR count). The van der Waals surface area contributed by atoms with Crippen LogP contribution in [-0.4, -0.2) is 144 Å². The predicted molar refractivity (Wildman–Crippen MR) is 339 cm³/mol. The van der Waals surface area contributed by atoms with E-state index in [1.807, 2.05) is 76.8 Å². The van der Waals surface area contributed by atoms with Gasteiger partial charge in [0.05, 0.1) is 31.4 Å². The molecule has 27 heteroatoms. The predicted octanol–water partition coefficient (Wildman–Crippen LogP) is 14.2. The monoisotopic (exact) mass is 1460 g/mol. The maximum atomic E-state index is 12.5. The van der Waals surface area contributed by atoms with E-state index in [-0.39, 0.29) is 56.6 Å². The van der Waals surface area contributed by atoms with Gasteiger partial charge in [-0.2, -0.15) is 35.1 Å². The second-order valence-corrected chi connectivity index (χ2v) is 28.6. The van der Waals surface area contributed by atoms with Crippen molar-refractivity contribution >= 4 is 102 Å². The Morgan fingerprint density at radius 1 is 0.655 bits per heavy atom. The average molecular weight is 1470 g/mol. The van der Waals surface area contributed by atoms with Gasteiger partial charge in [0.1, 0.15) is 34.8 Å². The van der Waals surface area contributed by atoms with Crippen molar-refractivity contribution in [1.82, 2.24) is 15.1 Å². The summed E-state index contributed by atoms with van der Waals surface area (Å²) in [5.74, 6) is 0. The highest BCUT2D eigenvalue weighted by molar-refractivity contribution is 9.11. The average Bonchev–Trinajstić information content (AvgIpc) is 2.51. The smallest absolute Gasteiger partial charge is 0.444 e. The molecule has 0 saturated carbocycles. The third kappa shape index (κ3) is 29.6. The summed E-state index contributed by atoms with van der Waals surface area (Å²) >= 11 is 10.4. The van der Waals surface area contributed by atoms with Gasteiger partial charge in [-0.15, -0.1) is 0 Å². The van der Waals surface area contributed by atoms with Crippen LogP contribution in [0.15, 0.2) is 74.1 Å². The topological polar surface area (TPSA) is 243 Å². The third-order valence-corrected chi connectivity index (χ3v) is 14.6. The van der Waals surface area contributed by atoms with Crippen molar-refractivity contribution in [2.45, 2.75) is 199 Å². The van der Waals surface area contributed by atoms with Gasteiger partial charge in [0.2, 0.25) is 0 Å². The molecule has 0 aromatic heterocycles. The molecule has 19 nitrogen and oxygen atoms in total. The number of hydrogen-bond acceptors (Lipinski definition) is 16. The first kappa shape index (κ1) is 79.0. The molecule has 5 aliphatic heterocycles. The van der Waals surface area contributed by atoms with Gasteiger partial charge in [0.15, 0.2) is 0 Å². The molecule has 3 aromatic rings. The largest absolute Gasteiger partial charge is 0.522 e. The summed E-state index contributed by atoms with van der Waals surface area (Å²) in [7, 11) is -5.84. The van der Waals surface area contributed by atoms with Gasteiger partial charge in [-0.1, -0.05) is 72.1 Å². The Bertz CT molecular complexity index is 2780. The lowest BCUT2D eigenvalue weighted by Gasteiger charge is -2.36. The molecule has 0 spiro atoms. The molecule has 3 N–H and O–H groups in total. The number of aliphatic hydroxyl groups excluding tert-OH is 1. The number of carbonyl (C=O) groups excluding carboxylic acids is 5. The molecule has 2 amide bonds. The summed E-state index contributed by atoms with van der Waals surface area (Å²) < 4.78 is 97.5. The third-order valence-electron chi connectivity index (χ3n) is 12.5. The molecule has 492 valence electrons. The van der Waals surface area contributed by atoms with Crippen LogP contribution in [0.1, 0.15) is 162 Å². The lowest BCUT2D eigenvalue weighted by atomic mass is 9.92. The number of alkyl halides is 3. The van der Waals surface area contributed by atoms with Crippen molar-refractivity contribution in [2.24, 2.45) is 0 Å². The zero-order valence-corrected chi connectivity index (χ0v) is 58.1. The molecule has 87 heavy (non-hydrogen) atoms. The fraction of sp³-hybridized carbons (Fsp3) is 0.617. The number of ether oxygens (including phenoxy) is 7. The van der Waals surface area contributed by atoms with Crippen LogP contribution < -0.4 is 5.32 Å². The molecule has 0 bridgehead atoms. The fourth-order valence-corrected chi connectivity index (χ4v) is 10.4. The summed E-state index contributed by atoms with van der Waals surface area (Å²) in [5.41, 5.74) is -1.38. The van der Waals surface area contributed by atoms with Gasteiger partial charge in [0.25, 0.3) is 0 Å². The normalized spacial score (nSPS) is 19.8. The molecule has 5 aliphatic rings. The molecule has 3 aromatic carbocycles. The van der Waals surface area contributed by atoms with Crippen molar-refractivity contribution in [3.8, 4) is 0 Å². The van der Waals surface area contributed by atoms with E-state index in [4.69, 9.17) is 46.5 Å². The maximum Gasteiger partial charge on any atom is 0.522 e. The number of aldehydes is 1. The van der Waals surface area contributed by atoms with Crippen molar-refractivity contribution < 1.29 is 88.4 Å². The Labute approximate surface area is 542 Å². The summed E-state index contributed by atoms with van der Waals surface area (Å²) in [5, 5.41) is 12.1. The number of amides is 2. The number of likely N-dealkylation sites (tertiary alicyclic amines) is 2. The number of hydrogen-bond donors (Lipinski definition) is 3.